The monoisotopic (exact) mass is 293 g/mol. The van der Waals surface area contributed by atoms with Gasteiger partial charge in [-0.25, -0.2) is 4.39 Å². The zero-order valence-electron chi connectivity index (χ0n) is 11.3. The fourth-order valence-electron chi connectivity index (χ4n) is 1.85. The van der Waals surface area contributed by atoms with Crippen molar-refractivity contribution in [1.29, 1.82) is 0 Å². The van der Waals surface area contributed by atoms with E-state index in [4.69, 9.17) is 22.1 Å². The smallest absolute Gasteiger partial charge is 0.132 e. The van der Waals surface area contributed by atoms with Gasteiger partial charge in [0.25, 0.3) is 0 Å². The second kappa shape index (κ2) is 6.73. The van der Waals surface area contributed by atoms with Crippen LogP contribution in [-0.2, 0) is 6.42 Å². The Morgan fingerprint density at radius 3 is 2.55 bits per heavy atom. The lowest BCUT2D eigenvalue weighted by Gasteiger charge is -2.14. The van der Waals surface area contributed by atoms with E-state index in [2.05, 4.69) is 0 Å². The Kier molecular flexibility index (Phi) is 4.99. The molecule has 2 N–H and O–H groups in total. The molecule has 0 saturated carbocycles. The van der Waals surface area contributed by atoms with Crippen LogP contribution >= 0.6 is 11.6 Å². The Labute approximate surface area is 123 Å². The molecule has 0 spiro atoms. The molecular formula is C16H17ClFNO. The molecule has 1 atom stereocenters. The molecule has 0 aromatic heterocycles. The number of ether oxygens (including phenoxy) is 1. The summed E-state index contributed by atoms with van der Waals surface area (Å²) in [5.74, 6) is 0.935. The van der Waals surface area contributed by atoms with Crippen LogP contribution in [0.15, 0.2) is 42.5 Å². The third kappa shape index (κ3) is 3.95. The van der Waals surface area contributed by atoms with Crippen LogP contribution in [0.4, 0.5) is 4.39 Å². The molecule has 0 bridgehead atoms. The molecule has 2 rings (SSSR count). The van der Waals surface area contributed by atoms with Crippen LogP contribution in [0.2, 0.25) is 5.02 Å². The molecule has 0 saturated heterocycles. The minimum absolute atomic E-state index is 0.0757. The van der Waals surface area contributed by atoms with Crippen LogP contribution in [0.1, 0.15) is 18.9 Å². The Morgan fingerprint density at radius 1 is 1.20 bits per heavy atom. The Balaban J connectivity index is 2.24. The van der Waals surface area contributed by atoms with Crippen molar-refractivity contribution in [3.63, 3.8) is 0 Å². The van der Waals surface area contributed by atoms with E-state index in [1.54, 1.807) is 18.2 Å². The number of hydrogen-bond donors (Lipinski definition) is 1. The molecule has 0 amide bonds. The summed E-state index contributed by atoms with van der Waals surface area (Å²) in [4.78, 5) is 0. The highest BCUT2D eigenvalue weighted by Gasteiger charge is 2.10. The molecule has 2 aromatic rings. The van der Waals surface area contributed by atoms with Gasteiger partial charge in [0.05, 0.1) is 0 Å². The van der Waals surface area contributed by atoms with Crippen molar-refractivity contribution in [3.05, 3.63) is 58.9 Å². The molecule has 4 heteroatoms. The number of hydrogen-bond acceptors (Lipinski definition) is 2. The summed E-state index contributed by atoms with van der Waals surface area (Å²) in [6, 6.07) is 11.4. The molecule has 0 aliphatic heterocycles. The third-order valence-corrected chi connectivity index (χ3v) is 3.31. The molecule has 1 unspecified atom stereocenters. The van der Waals surface area contributed by atoms with Gasteiger partial charge >= 0.3 is 0 Å². The summed E-state index contributed by atoms with van der Waals surface area (Å²) in [7, 11) is 0. The molecule has 0 radical (unpaired) electrons. The van der Waals surface area contributed by atoms with Crippen molar-refractivity contribution < 1.29 is 9.13 Å². The van der Waals surface area contributed by atoms with Gasteiger partial charge in [0.15, 0.2) is 0 Å². The van der Waals surface area contributed by atoms with Crippen molar-refractivity contribution >= 4 is 11.6 Å². The second-order valence-corrected chi connectivity index (χ2v) is 5.12. The van der Waals surface area contributed by atoms with Gasteiger partial charge in [0, 0.05) is 11.1 Å². The summed E-state index contributed by atoms with van der Waals surface area (Å²) < 4.78 is 18.7. The lowest BCUT2D eigenvalue weighted by molar-refractivity contribution is 0.470. The highest BCUT2D eigenvalue weighted by Crippen LogP contribution is 2.29. The van der Waals surface area contributed by atoms with E-state index in [0.717, 1.165) is 12.0 Å². The van der Waals surface area contributed by atoms with Crippen LogP contribution < -0.4 is 10.5 Å². The van der Waals surface area contributed by atoms with E-state index in [0.29, 0.717) is 22.9 Å². The number of benzene rings is 2. The second-order valence-electron chi connectivity index (χ2n) is 4.68. The Hall–Kier alpha value is -1.58. The largest absolute Gasteiger partial charge is 0.457 e. The minimum Gasteiger partial charge on any atom is -0.457 e. The van der Waals surface area contributed by atoms with Gasteiger partial charge in [-0.05, 0) is 54.8 Å². The fourth-order valence-corrected chi connectivity index (χ4v) is 2.01. The maximum Gasteiger partial charge on any atom is 0.132 e. The summed E-state index contributed by atoms with van der Waals surface area (Å²) in [5.41, 5.74) is 6.98. The normalized spacial score (nSPS) is 12.2. The third-order valence-electron chi connectivity index (χ3n) is 3.08. The average molecular weight is 294 g/mol. The molecule has 2 nitrogen and oxygen atoms in total. The van der Waals surface area contributed by atoms with E-state index in [-0.39, 0.29) is 11.9 Å². The quantitative estimate of drug-likeness (QED) is 0.877. The van der Waals surface area contributed by atoms with Crippen molar-refractivity contribution in [2.45, 2.75) is 25.8 Å². The maximum absolute atomic E-state index is 12.9. The van der Waals surface area contributed by atoms with E-state index >= 15 is 0 Å². The lowest BCUT2D eigenvalue weighted by Crippen LogP contribution is -2.21. The molecule has 0 heterocycles. The molecule has 0 fully saturated rings. The Morgan fingerprint density at radius 2 is 1.90 bits per heavy atom. The first kappa shape index (κ1) is 14.8. The molecule has 0 aliphatic carbocycles. The highest BCUT2D eigenvalue weighted by molar-refractivity contribution is 6.30. The molecule has 0 aliphatic rings. The topological polar surface area (TPSA) is 35.2 Å². The predicted molar refractivity (Wildman–Crippen MR) is 79.9 cm³/mol. The molecule has 20 heavy (non-hydrogen) atoms. The number of rotatable bonds is 5. The first-order valence-corrected chi connectivity index (χ1v) is 6.93. The lowest BCUT2D eigenvalue weighted by atomic mass is 10.0. The summed E-state index contributed by atoms with van der Waals surface area (Å²) in [6.07, 6.45) is 1.60. The molecular weight excluding hydrogens is 277 g/mol. The highest BCUT2D eigenvalue weighted by atomic mass is 35.5. The van der Waals surface area contributed by atoms with Crippen molar-refractivity contribution in [3.8, 4) is 11.5 Å². The summed E-state index contributed by atoms with van der Waals surface area (Å²) >= 11 is 6.01. The Bertz CT molecular complexity index is 571. The average Bonchev–Trinajstić information content (AvgIpc) is 2.44. The van der Waals surface area contributed by atoms with Gasteiger partial charge in [-0.1, -0.05) is 24.6 Å². The first-order chi connectivity index (χ1) is 9.58. The summed E-state index contributed by atoms with van der Waals surface area (Å²) in [6.45, 7) is 2.04. The standard InChI is InChI=1S/C16H17ClFNO/c1-2-14(19)9-11-3-4-12(17)10-16(11)20-15-7-5-13(18)6-8-15/h3-8,10,14H,2,9,19H2,1H3. The predicted octanol–water partition coefficient (Wildman–Crippen LogP) is 4.55. The van der Waals surface area contributed by atoms with Gasteiger partial charge in [-0.3, -0.25) is 0 Å². The maximum atomic E-state index is 12.9. The van der Waals surface area contributed by atoms with E-state index in [1.165, 1.54) is 12.1 Å². The van der Waals surface area contributed by atoms with Gasteiger partial charge < -0.3 is 10.5 Å². The molecule has 2 aromatic carbocycles. The van der Waals surface area contributed by atoms with E-state index < -0.39 is 0 Å². The number of halogens is 2. The van der Waals surface area contributed by atoms with E-state index in [1.807, 2.05) is 19.1 Å². The van der Waals surface area contributed by atoms with Gasteiger partial charge in [0.1, 0.15) is 17.3 Å². The van der Waals surface area contributed by atoms with Gasteiger partial charge in [0.2, 0.25) is 0 Å². The van der Waals surface area contributed by atoms with Crippen molar-refractivity contribution in [2.75, 3.05) is 0 Å². The summed E-state index contributed by atoms with van der Waals surface area (Å²) in [5, 5.41) is 0.593. The molecule has 106 valence electrons. The number of nitrogens with two attached hydrogens (primary N) is 1. The van der Waals surface area contributed by atoms with Crippen LogP contribution in [0, 0.1) is 5.82 Å². The van der Waals surface area contributed by atoms with Crippen LogP contribution in [0.5, 0.6) is 11.5 Å². The first-order valence-electron chi connectivity index (χ1n) is 6.56. The van der Waals surface area contributed by atoms with Crippen LogP contribution in [0.25, 0.3) is 0 Å². The van der Waals surface area contributed by atoms with Crippen molar-refractivity contribution in [2.24, 2.45) is 5.73 Å². The van der Waals surface area contributed by atoms with Gasteiger partial charge in [-0.2, -0.15) is 0 Å². The SMILES string of the molecule is CCC(N)Cc1ccc(Cl)cc1Oc1ccc(F)cc1. The zero-order chi connectivity index (χ0) is 14.5. The van der Waals surface area contributed by atoms with Crippen LogP contribution in [-0.4, -0.2) is 6.04 Å². The van der Waals surface area contributed by atoms with Crippen LogP contribution in [0.3, 0.4) is 0 Å². The fraction of sp³-hybridized carbons (Fsp3) is 0.250. The minimum atomic E-state index is -0.295. The van der Waals surface area contributed by atoms with Gasteiger partial charge in [-0.15, -0.1) is 0 Å². The zero-order valence-corrected chi connectivity index (χ0v) is 12.0. The van der Waals surface area contributed by atoms with E-state index in [9.17, 15) is 4.39 Å². The van der Waals surface area contributed by atoms with Crippen molar-refractivity contribution in [1.82, 2.24) is 0 Å².